The number of rotatable bonds is 5. The van der Waals surface area contributed by atoms with Gasteiger partial charge in [0.15, 0.2) is 4.77 Å². The van der Waals surface area contributed by atoms with Crippen molar-refractivity contribution in [3.63, 3.8) is 0 Å². The number of ether oxygens (including phenoxy) is 1. The first kappa shape index (κ1) is 21.2. The normalized spacial score (nSPS) is 18.8. The van der Waals surface area contributed by atoms with Crippen molar-refractivity contribution in [1.82, 2.24) is 19.4 Å². The maximum atomic E-state index is 13.1. The molecule has 0 bridgehead atoms. The van der Waals surface area contributed by atoms with Gasteiger partial charge in [0.25, 0.3) is 11.5 Å². The summed E-state index contributed by atoms with van der Waals surface area (Å²) in [5.74, 6) is 0.0167. The highest BCUT2D eigenvalue weighted by molar-refractivity contribution is 7.71. The Hall–Kier alpha value is -2.03. The van der Waals surface area contributed by atoms with E-state index in [4.69, 9.17) is 17.0 Å². The molecule has 0 unspecified atom stereocenters. The van der Waals surface area contributed by atoms with Crippen LogP contribution in [0.1, 0.15) is 42.5 Å². The standard InChI is InChI=1S/C22H30N4O3S/c1-29-14-13-26-21(28)18-8-7-16(15-19(18)23-22(26)30)20(27)25-11-9-24(10-12-25)17-5-3-2-4-6-17/h7-8,15,17H,2-6,9-14H2,1H3,(H,23,30). The molecule has 2 aromatic rings. The molecule has 1 aromatic carbocycles. The van der Waals surface area contributed by atoms with E-state index in [0.29, 0.717) is 40.4 Å². The Labute approximate surface area is 181 Å². The van der Waals surface area contributed by atoms with Crippen molar-refractivity contribution < 1.29 is 9.53 Å². The van der Waals surface area contributed by atoms with Crippen LogP contribution in [0.2, 0.25) is 0 Å². The van der Waals surface area contributed by atoms with Crippen molar-refractivity contribution in [1.29, 1.82) is 0 Å². The van der Waals surface area contributed by atoms with Gasteiger partial charge in [0.05, 0.1) is 24.1 Å². The molecule has 2 fully saturated rings. The average molecular weight is 431 g/mol. The number of piperazine rings is 1. The van der Waals surface area contributed by atoms with E-state index in [2.05, 4.69) is 9.88 Å². The second kappa shape index (κ2) is 9.41. The summed E-state index contributed by atoms with van der Waals surface area (Å²) < 4.78 is 6.89. The Morgan fingerprint density at radius 2 is 1.90 bits per heavy atom. The van der Waals surface area contributed by atoms with Gasteiger partial charge in [-0.3, -0.25) is 19.1 Å². The molecular formula is C22H30N4O3S. The second-order valence-corrected chi connectivity index (χ2v) is 8.65. The van der Waals surface area contributed by atoms with Gasteiger partial charge in [-0.1, -0.05) is 19.3 Å². The van der Waals surface area contributed by atoms with Crippen molar-refractivity contribution >= 4 is 29.0 Å². The van der Waals surface area contributed by atoms with E-state index in [1.54, 1.807) is 25.3 Å². The van der Waals surface area contributed by atoms with Crippen LogP contribution in [0.25, 0.3) is 10.9 Å². The number of fused-ring (bicyclic) bond motifs is 1. The minimum absolute atomic E-state index is 0.0167. The molecule has 1 aliphatic heterocycles. The summed E-state index contributed by atoms with van der Waals surface area (Å²) in [5, 5.41) is 0.526. The predicted octanol–water partition coefficient (Wildman–Crippen LogP) is 2.80. The van der Waals surface area contributed by atoms with Crippen LogP contribution in [0.3, 0.4) is 0 Å². The van der Waals surface area contributed by atoms with Gasteiger partial charge in [0, 0.05) is 44.9 Å². The lowest BCUT2D eigenvalue weighted by molar-refractivity contribution is 0.0523. The third-order valence-electron chi connectivity index (χ3n) is 6.44. The quantitative estimate of drug-likeness (QED) is 0.739. The lowest BCUT2D eigenvalue weighted by Gasteiger charge is -2.40. The maximum absolute atomic E-state index is 13.1. The Kier molecular flexibility index (Phi) is 6.65. The van der Waals surface area contributed by atoms with E-state index >= 15 is 0 Å². The summed E-state index contributed by atoms with van der Waals surface area (Å²) >= 11 is 5.34. The number of aromatic amines is 1. The Balaban J connectivity index is 1.48. The van der Waals surface area contributed by atoms with Crippen LogP contribution in [0.5, 0.6) is 0 Å². The lowest BCUT2D eigenvalue weighted by atomic mass is 9.94. The molecular weight excluding hydrogens is 400 g/mol. The molecule has 1 saturated heterocycles. The average Bonchev–Trinajstić information content (AvgIpc) is 2.79. The first-order chi connectivity index (χ1) is 14.6. The van der Waals surface area contributed by atoms with E-state index in [1.165, 1.54) is 36.7 Å². The first-order valence-corrected chi connectivity index (χ1v) is 11.3. The molecule has 1 saturated carbocycles. The fourth-order valence-electron chi connectivity index (χ4n) is 4.69. The SMILES string of the molecule is COCCn1c(=S)[nH]c2cc(C(=O)N3CCN(C4CCCCC4)CC3)ccc2c1=O. The number of H-pyrrole nitrogens is 1. The zero-order valence-corrected chi connectivity index (χ0v) is 18.4. The topological polar surface area (TPSA) is 70.6 Å². The molecule has 162 valence electrons. The zero-order chi connectivity index (χ0) is 21.1. The minimum atomic E-state index is -0.161. The number of nitrogens with one attached hydrogen (secondary N) is 1. The molecule has 1 N–H and O–H groups in total. The largest absolute Gasteiger partial charge is 0.383 e. The Morgan fingerprint density at radius 1 is 1.17 bits per heavy atom. The van der Waals surface area contributed by atoms with Gasteiger partial charge in [-0.2, -0.15) is 0 Å². The van der Waals surface area contributed by atoms with Crippen molar-refractivity contribution in [3.8, 4) is 0 Å². The number of methoxy groups -OCH3 is 1. The number of aromatic nitrogens is 2. The highest BCUT2D eigenvalue weighted by Gasteiger charge is 2.27. The molecule has 0 spiro atoms. The van der Waals surface area contributed by atoms with Crippen molar-refractivity contribution in [2.75, 3.05) is 39.9 Å². The molecule has 7 nitrogen and oxygen atoms in total. The number of carbonyl (C=O) groups is 1. The zero-order valence-electron chi connectivity index (χ0n) is 17.6. The summed E-state index contributed by atoms with van der Waals surface area (Å²) in [7, 11) is 1.59. The van der Waals surface area contributed by atoms with Gasteiger partial charge in [-0.25, -0.2) is 0 Å². The number of amides is 1. The maximum Gasteiger partial charge on any atom is 0.262 e. The van der Waals surface area contributed by atoms with E-state index in [0.717, 1.165) is 26.2 Å². The molecule has 1 aliphatic carbocycles. The van der Waals surface area contributed by atoms with E-state index < -0.39 is 0 Å². The minimum Gasteiger partial charge on any atom is -0.383 e. The molecule has 4 rings (SSSR count). The van der Waals surface area contributed by atoms with Gasteiger partial charge >= 0.3 is 0 Å². The molecule has 0 atom stereocenters. The highest BCUT2D eigenvalue weighted by atomic mass is 32.1. The van der Waals surface area contributed by atoms with E-state index in [1.807, 2.05) is 4.90 Å². The number of nitrogens with zero attached hydrogens (tertiary/aromatic N) is 3. The van der Waals surface area contributed by atoms with Crippen LogP contribution in [0.15, 0.2) is 23.0 Å². The van der Waals surface area contributed by atoms with Crippen LogP contribution < -0.4 is 5.56 Å². The molecule has 0 radical (unpaired) electrons. The summed E-state index contributed by atoms with van der Waals surface area (Å²) in [4.78, 5) is 33.4. The van der Waals surface area contributed by atoms with Crippen LogP contribution in [0.4, 0.5) is 0 Å². The number of hydrogen-bond donors (Lipinski definition) is 1. The fraction of sp³-hybridized carbons (Fsp3) is 0.591. The van der Waals surface area contributed by atoms with Gasteiger partial charge in [0.1, 0.15) is 0 Å². The third-order valence-corrected chi connectivity index (χ3v) is 6.76. The smallest absolute Gasteiger partial charge is 0.262 e. The molecule has 30 heavy (non-hydrogen) atoms. The lowest BCUT2D eigenvalue weighted by Crippen LogP contribution is -2.52. The Morgan fingerprint density at radius 3 is 2.60 bits per heavy atom. The molecule has 1 aromatic heterocycles. The van der Waals surface area contributed by atoms with Crippen molar-refractivity contribution in [2.24, 2.45) is 0 Å². The number of benzene rings is 1. The van der Waals surface area contributed by atoms with E-state index in [9.17, 15) is 9.59 Å². The summed E-state index contributed by atoms with van der Waals surface area (Å²) in [6.07, 6.45) is 6.60. The molecule has 2 heterocycles. The fourth-order valence-corrected chi connectivity index (χ4v) is 4.98. The number of carbonyl (C=O) groups excluding carboxylic acids is 1. The van der Waals surface area contributed by atoms with Crippen LogP contribution in [0, 0.1) is 4.77 Å². The van der Waals surface area contributed by atoms with Crippen molar-refractivity contribution in [3.05, 3.63) is 38.9 Å². The van der Waals surface area contributed by atoms with Crippen LogP contribution >= 0.6 is 12.2 Å². The Bertz CT molecular complexity index is 1020. The van der Waals surface area contributed by atoms with Gasteiger partial charge in [0.2, 0.25) is 0 Å². The molecule has 2 aliphatic rings. The van der Waals surface area contributed by atoms with E-state index in [-0.39, 0.29) is 11.5 Å². The van der Waals surface area contributed by atoms with Crippen LogP contribution in [-0.2, 0) is 11.3 Å². The summed E-state index contributed by atoms with van der Waals surface area (Å²) in [6, 6.07) is 5.91. The van der Waals surface area contributed by atoms with Gasteiger partial charge in [-0.05, 0) is 43.3 Å². The third kappa shape index (κ3) is 4.36. The van der Waals surface area contributed by atoms with Crippen LogP contribution in [-0.4, -0.2) is 71.2 Å². The van der Waals surface area contributed by atoms with Crippen molar-refractivity contribution in [2.45, 2.75) is 44.7 Å². The van der Waals surface area contributed by atoms with Gasteiger partial charge in [-0.15, -0.1) is 0 Å². The molecule has 1 amide bonds. The second-order valence-electron chi connectivity index (χ2n) is 8.26. The highest BCUT2D eigenvalue weighted by Crippen LogP contribution is 2.24. The summed E-state index contributed by atoms with van der Waals surface area (Å²) in [6.45, 7) is 4.19. The predicted molar refractivity (Wildman–Crippen MR) is 120 cm³/mol. The number of hydrogen-bond acceptors (Lipinski definition) is 5. The molecule has 8 heteroatoms. The van der Waals surface area contributed by atoms with Gasteiger partial charge < -0.3 is 14.6 Å². The first-order valence-electron chi connectivity index (χ1n) is 10.9. The summed E-state index contributed by atoms with van der Waals surface area (Å²) in [5.41, 5.74) is 1.03. The monoisotopic (exact) mass is 430 g/mol.